The number of amides is 1. The summed E-state index contributed by atoms with van der Waals surface area (Å²) < 4.78 is 39.2. The number of rotatable bonds is 8. The predicted molar refractivity (Wildman–Crippen MR) is 121 cm³/mol. The number of carbonyl (C=O) groups is 1. The van der Waals surface area contributed by atoms with Crippen molar-refractivity contribution in [3.63, 3.8) is 0 Å². The van der Waals surface area contributed by atoms with Gasteiger partial charge in [0.1, 0.15) is 11.9 Å². The van der Waals surface area contributed by atoms with E-state index in [1.54, 1.807) is 0 Å². The molecule has 2 aromatic rings. The van der Waals surface area contributed by atoms with Crippen LogP contribution in [0.25, 0.3) is 0 Å². The van der Waals surface area contributed by atoms with Crippen molar-refractivity contribution in [1.82, 2.24) is 10.2 Å². The van der Waals surface area contributed by atoms with E-state index in [2.05, 4.69) is 22.3 Å². The first-order chi connectivity index (χ1) is 14.7. The highest BCUT2D eigenvalue weighted by molar-refractivity contribution is 7.92. The molecule has 0 unspecified atom stereocenters. The maximum Gasteiger partial charge on any atom is 0.243 e. The van der Waals surface area contributed by atoms with Crippen molar-refractivity contribution in [3.05, 3.63) is 65.5 Å². The number of sulfonamides is 1. The molecule has 1 amide bonds. The van der Waals surface area contributed by atoms with Crippen LogP contribution in [0, 0.1) is 5.82 Å². The minimum absolute atomic E-state index is 0.119. The number of hydrogen-bond acceptors (Lipinski definition) is 4. The molecule has 3 rings (SSSR count). The van der Waals surface area contributed by atoms with Crippen molar-refractivity contribution in [1.29, 1.82) is 0 Å². The number of nitrogens with one attached hydrogen (secondary N) is 1. The number of benzene rings is 2. The van der Waals surface area contributed by atoms with E-state index in [0.29, 0.717) is 0 Å². The van der Waals surface area contributed by atoms with Crippen LogP contribution >= 0.6 is 0 Å². The number of halogens is 1. The molecular formula is C23H30FN3O3S. The zero-order valence-corrected chi connectivity index (χ0v) is 18.9. The normalized spacial score (nSPS) is 16.0. The van der Waals surface area contributed by atoms with E-state index >= 15 is 0 Å². The van der Waals surface area contributed by atoms with Crippen LogP contribution in [0.3, 0.4) is 0 Å². The van der Waals surface area contributed by atoms with E-state index in [0.717, 1.165) is 41.8 Å². The third-order valence-electron chi connectivity index (χ3n) is 5.46. The molecule has 2 aromatic carbocycles. The molecule has 1 aliphatic rings. The van der Waals surface area contributed by atoms with E-state index in [4.69, 9.17) is 0 Å². The SMILES string of the molecule is C[C@H](C(=O)NCc1cccc(CN2CCCCC2)c1)N(c1cccc(F)c1)S(C)(=O)=O. The number of piperidine rings is 1. The molecule has 0 aliphatic carbocycles. The first-order valence-electron chi connectivity index (χ1n) is 10.6. The molecule has 8 heteroatoms. The molecule has 0 spiro atoms. The standard InChI is InChI=1S/C23H30FN3O3S/c1-18(27(31(2,29)30)22-11-7-10-21(24)15-22)23(28)25-16-19-8-6-9-20(14-19)17-26-12-4-3-5-13-26/h6-11,14-15,18H,3-5,12-13,16-17H2,1-2H3,(H,25,28)/t18-/m1/s1. The van der Waals surface area contributed by atoms with Gasteiger partial charge in [-0.1, -0.05) is 36.8 Å². The van der Waals surface area contributed by atoms with Gasteiger partial charge in [0.15, 0.2) is 0 Å². The smallest absolute Gasteiger partial charge is 0.243 e. The fraction of sp³-hybridized carbons (Fsp3) is 0.435. The first kappa shape index (κ1) is 23.2. The summed E-state index contributed by atoms with van der Waals surface area (Å²) in [6.07, 6.45) is 4.76. The average Bonchev–Trinajstić information content (AvgIpc) is 2.72. The van der Waals surface area contributed by atoms with E-state index < -0.39 is 27.8 Å². The van der Waals surface area contributed by atoms with Gasteiger partial charge in [0.05, 0.1) is 11.9 Å². The maximum atomic E-state index is 13.6. The van der Waals surface area contributed by atoms with Crippen LogP contribution in [-0.2, 0) is 27.9 Å². The predicted octanol–water partition coefficient (Wildman–Crippen LogP) is 3.28. The Morgan fingerprint density at radius 2 is 1.77 bits per heavy atom. The van der Waals surface area contributed by atoms with Gasteiger partial charge < -0.3 is 5.32 Å². The van der Waals surface area contributed by atoms with Crippen molar-refractivity contribution in [2.75, 3.05) is 23.7 Å². The van der Waals surface area contributed by atoms with Gasteiger partial charge in [-0.15, -0.1) is 0 Å². The van der Waals surface area contributed by atoms with Crippen molar-refractivity contribution >= 4 is 21.6 Å². The van der Waals surface area contributed by atoms with Crippen LogP contribution in [0.2, 0.25) is 0 Å². The molecule has 0 radical (unpaired) electrons. The molecule has 1 N–H and O–H groups in total. The van der Waals surface area contributed by atoms with E-state index in [-0.39, 0.29) is 12.2 Å². The third kappa shape index (κ3) is 6.51. The molecule has 1 atom stereocenters. The van der Waals surface area contributed by atoms with Gasteiger partial charge in [-0.05, 0) is 62.2 Å². The highest BCUT2D eigenvalue weighted by atomic mass is 32.2. The first-order valence-corrected chi connectivity index (χ1v) is 12.4. The van der Waals surface area contributed by atoms with E-state index in [1.165, 1.54) is 49.9 Å². The van der Waals surface area contributed by atoms with Crippen LogP contribution in [0.15, 0.2) is 48.5 Å². The number of carbonyl (C=O) groups excluding carboxylic acids is 1. The van der Waals surface area contributed by atoms with Gasteiger partial charge in [-0.2, -0.15) is 0 Å². The summed E-state index contributed by atoms with van der Waals surface area (Å²) in [6, 6.07) is 12.3. The lowest BCUT2D eigenvalue weighted by Gasteiger charge is -2.28. The second-order valence-electron chi connectivity index (χ2n) is 8.09. The number of nitrogens with zero attached hydrogens (tertiary/aromatic N) is 2. The quantitative estimate of drug-likeness (QED) is 0.674. The summed E-state index contributed by atoms with van der Waals surface area (Å²) in [5.41, 5.74) is 2.26. The van der Waals surface area contributed by atoms with Crippen molar-refractivity contribution in [3.8, 4) is 0 Å². The van der Waals surface area contributed by atoms with Gasteiger partial charge in [0.2, 0.25) is 15.9 Å². The van der Waals surface area contributed by atoms with Crippen molar-refractivity contribution < 1.29 is 17.6 Å². The Morgan fingerprint density at radius 3 is 2.45 bits per heavy atom. The topological polar surface area (TPSA) is 69.7 Å². The highest BCUT2D eigenvalue weighted by Crippen LogP contribution is 2.22. The molecular weight excluding hydrogens is 417 g/mol. The number of likely N-dealkylation sites (tertiary alicyclic amines) is 1. The Morgan fingerprint density at radius 1 is 1.10 bits per heavy atom. The molecule has 0 aromatic heterocycles. The van der Waals surface area contributed by atoms with Gasteiger partial charge in [-0.3, -0.25) is 14.0 Å². The summed E-state index contributed by atoms with van der Waals surface area (Å²) in [5, 5.41) is 2.81. The van der Waals surface area contributed by atoms with Crippen LogP contribution < -0.4 is 9.62 Å². The molecule has 1 saturated heterocycles. The second-order valence-corrected chi connectivity index (χ2v) is 9.95. The van der Waals surface area contributed by atoms with E-state index in [9.17, 15) is 17.6 Å². The maximum absolute atomic E-state index is 13.6. The number of anilines is 1. The van der Waals surface area contributed by atoms with Gasteiger partial charge in [-0.25, -0.2) is 12.8 Å². The molecule has 0 bridgehead atoms. The summed E-state index contributed by atoms with van der Waals surface area (Å²) in [6.45, 7) is 4.89. The fourth-order valence-electron chi connectivity index (χ4n) is 3.97. The van der Waals surface area contributed by atoms with Gasteiger partial charge in [0.25, 0.3) is 0 Å². The molecule has 168 valence electrons. The molecule has 6 nitrogen and oxygen atoms in total. The zero-order valence-electron chi connectivity index (χ0n) is 18.1. The van der Waals surface area contributed by atoms with Crippen molar-refractivity contribution in [2.24, 2.45) is 0 Å². The minimum Gasteiger partial charge on any atom is -0.350 e. The molecule has 1 fully saturated rings. The molecule has 31 heavy (non-hydrogen) atoms. The largest absolute Gasteiger partial charge is 0.350 e. The Labute approximate surface area is 184 Å². The van der Waals surface area contributed by atoms with E-state index in [1.807, 2.05) is 12.1 Å². The summed E-state index contributed by atoms with van der Waals surface area (Å²) >= 11 is 0. The van der Waals surface area contributed by atoms with Crippen LogP contribution in [0.4, 0.5) is 10.1 Å². The summed E-state index contributed by atoms with van der Waals surface area (Å²) in [7, 11) is -3.78. The molecule has 1 aliphatic heterocycles. The zero-order chi connectivity index (χ0) is 22.4. The van der Waals surface area contributed by atoms with Gasteiger partial charge in [0, 0.05) is 13.1 Å². The van der Waals surface area contributed by atoms with Crippen LogP contribution in [-0.4, -0.2) is 44.6 Å². The van der Waals surface area contributed by atoms with Crippen LogP contribution in [0.5, 0.6) is 0 Å². The summed E-state index contributed by atoms with van der Waals surface area (Å²) in [5.74, 6) is -1.01. The Kier molecular flexibility index (Phi) is 7.67. The highest BCUT2D eigenvalue weighted by Gasteiger charge is 2.29. The lowest BCUT2D eigenvalue weighted by atomic mass is 10.1. The average molecular weight is 448 g/mol. The lowest BCUT2D eigenvalue weighted by molar-refractivity contribution is -0.122. The minimum atomic E-state index is -3.78. The second kappa shape index (κ2) is 10.2. The Hall–Kier alpha value is -2.45. The molecule has 0 saturated carbocycles. The lowest BCUT2D eigenvalue weighted by Crippen LogP contribution is -2.47. The Balaban J connectivity index is 1.65. The number of hydrogen-bond donors (Lipinski definition) is 1. The Bertz CT molecular complexity index is 1010. The molecule has 1 heterocycles. The summed E-state index contributed by atoms with van der Waals surface area (Å²) in [4.78, 5) is 15.2. The monoisotopic (exact) mass is 447 g/mol. The van der Waals surface area contributed by atoms with Crippen LogP contribution in [0.1, 0.15) is 37.3 Å². The van der Waals surface area contributed by atoms with Crippen molar-refractivity contribution in [2.45, 2.75) is 45.3 Å². The third-order valence-corrected chi connectivity index (χ3v) is 6.71. The van der Waals surface area contributed by atoms with Gasteiger partial charge >= 0.3 is 0 Å². The fourth-order valence-corrected chi connectivity index (χ4v) is 5.14.